The minimum absolute atomic E-state index is 0.00535. The fourth-order valence-corrected chi connectivity index (χ4v) is 3.96. The summed E-state index contributed by atoms with van der Waals surface area (Å²) in [5, 5.41) is 0. The Labute approximate surface area is 158 Å². The van der Waals surface area contributed by atoms with E-state index in [1.54, 1.807) is 18.9 Å². The summed E-state index contributed by atoms with van der Waals surface area (Å²) in [5.41, 5.74) is 0.718. The fraction of sp³-hybridized carbons (Fsp3) is 0.333. The van der Waals surface area contributed by atoms with Gasteiger partial charge in [0.05, 0.1) is 12.9 Å². The van der Waals surface area contributed by atoms with Crippen LogP contribution in [0.3, 0.4) is 0 Å². The summed E-state index contributed by atoms with van der Waals surface area (Å²) in [6.07, 6.45) is 1.46. The SMILES string of the molecule is COc1ccc(C(=O)C2CCN(C(=O)CSc3ccccc3)CC2)cc1. The second-order valence-electron chi connectivity index (χ2n) is 6.35. The Morgan fingerprint density at radius 3 is 2.31 bits per heavy atom. The van der Waals surface area contributed by atoms with Gasteiger partial charge in [-0.25, -0.2) is 0 Å². The summed E-state index contributed by atoms with van der Waals surface area (Å²) >= 11 is 1.56. The number of benzene rings is 2. The Kier molecular flexibility index (Phi) is 6.34. The van der Waals surface area contributed by atoms with E-state index in [0.717, 1.165) is 29.1 Å². The average molecular weight is 369 g/mol. The van der Waals surface area contributed by atoms with Gasteiger partial charge in [-0.1, -0.05) is 18.2 Å². The van der Waals surface area contributed by atoms with Crippen molar-refractivity contribution in [1.82, 2.24) is 4.90 Å². The van der Waals surface area contributed by atoms with Crippen molar-refractivity contribution in [3.8, 4) is 5.75 Å². The van der Waals surface area contributed by atoms with Crippen LogP contribution in [0.25, 0.3) is 0 Å². The zero-order valence-corrected chi connectivity index (χ0v) is 15.7. The molecule has 2 aromatic carbocycles. The number of likely N-dealkylation sites (tertiary alicyclic amines) is 1. The number of nitrogens with zero attached hydrogens (tertiary/aromatic N) is 1. The number of ether oxygens (including phenoxy) is 1. The molecule has 1 heterocycles. The highest BCUT2D eigenvalue weighted by Gasteiger charge is 2.27. The van der Waals surface area contributed by atoms with E-state index in [1.165, 1.54) is 0 Å². The summed E-state index contributed by atoms with van der Waals surface area (Å²) in [6.45, 7) is 1.31. The molecule has 5 heteroatoms. The van der Waals surface area contributed by atoms with Gasteiger partial charge in [-0.2, -0.15) is 0 Å². The highest BCUT2D eigenvalue weighted by Crippen LogP contribution is 2.24. The summed E-state index contributed by atoms with van der Waals surface area (Å²) in [4.78, 5) is 28.0. The molecular formula is C21H23NO3S. The van der Waals surface area contributed by atoms with Crippen molar-refractivity contribution in [2.24, 2.45) is 5.92 Å². The van der Waals surface area contributed by atoms with Gasteiger partial charge in [0, 0.05) is 29.5 Å². The molecule has 136 valence electrons. The molecule has 0 saturated carbocycles. The van der Waals surface area contributed by atoms with Crippen molar-refractivity contribution in [2.45, 2.75) is 17.7 Å². The third-order valence-electron chi connectivity index (χ3n) is 4.70. The predicted octanol–water partition coefficient (Wildman–Crippen LogP) is 3.91. The molecule has 26 heavy (non-hydrogen) atoms. The Morgan fingerprint density at radius 1 is 1.04 bits per heavy atom. The van der Waals surface area contributed by atoms with Crippen molar-refractivity contribution >= 4 is 23.5 Å². The highest BCUT2D eigenvalue weighted by atomic mass is 32.2. The molecule has 1 fully saturated rings. The molecule has 2 aromatic rings. The lowest BCUT2D eigenvalue weighted by Crippen LogP contribution is -2.41. The number of hydrogen-bond acceptors (Lipinski definition) is 4. The van der Waals surface area contributed by atoms with Crippen molar-refractivity contribution in [2.75, 3.05) is 26.0 Å². The van der Waals surface area contributed by atoms with Crippen LogP contribution in [-0.2, 0) is 4.79 Å². The van der Waals surface area contributed by atoms with E-state index in [-0.39, 0.29) is 17.6 Å². The van der Waals surface area contributed by atoms with E-state index >= 15 is 0 Å². The van der Waals surface area contributed by atoms with Crippen LogP contribution in [0.5, 0.6) is 5.75 Å². The molecule has 0 unspecified atom stereocenters. The van der Waals surface area contributed by atoms with Crippen molar-refractivity contribution in [1.29, 1.82) is 0 Å². The maximum Gasteiger partial charge on any atom is 0.232 e. The number of methoxy groups -OCH3 is 1. The summed E-state index contributed by atoms with van der Waals surface area (Å²) in [6, 6.07) is 17.2. The number of Topliss-reactive ketones (excluding diaryl/α,β-unsaturated/α-hetero) is 1. The maximum absolute atomic E-state index is 12.6. The maximum atomic E-state index is 12.6. The molecule has 0 N–H and O–H groups in total. The minimum atomic E-state index is -0.00535. The van der Waals surface area contributed by atoms with Crippen LogP contribution < -0.4 is 4.74 Å². The van der Waals surface area contributed by atoms with Gasteiger partial charge in [-0.15, -0.1) is 11.8 Å². The largest absolute Gasteiger partial charge is 0.497 e. The number of thioether (sulfide) groups is 1. The molecule has 0 atom stereocenters. The van der Waals surface area contributed by atoms with Crippen LogP contribution in [-0.4, -0.2) is 42.5 Å². The van der Waals surface area contributed by atoms with Gasteiger partial charge in [0.25, 0.3) is 0 Å². The first kappa shape index (κ1) is 18.5. The normalized spacial score (nSPS) is 14.9. The lowest BCUT2D eigenvalue weighted by Gasteiger charge is -2.31. The van der Waals surface area contributed by atoms with Gasteiger partial charge in [-0.05, 0) is 49.2 Å². The predicted molar refractivity (Wildman–Crippen MR) is 104 cm³/mol. The molecule has 0 radical (unpaired) electrons. The van der Waals surface area contributed by atoms with E-state index in [9.17, 15) is 9.59 Å². The van der Waals surface area contributed by atoms with E-state index < -0.39 is 0 Å². The summed E-state index contributed by atoms with van der Waals surface area (Å²) in [5.74, 6) is 1.50. The number of amides is 1. The Bertz CT molecular complexity index is 738. The minimum Gasteiger partial charge on any atom is -0.497 e. The second-order valence-corrected chi connectivity index (χ2v) is 7.40. The molecule has 1 saturated heterocycles. The summed E-state index contributed by atoms with van der Waals surface area (Å²) in [7, 11) is 1.61. The highest BCUT2D eigenvalue weighted by molar-refractivity contribution is 8.00. The molecule has 0 aliphatic carbocycles. The van der Waals surface area contributed by atoms with Crippen LogP contribution in [0.4, 0.5) is 0 Å². The summed E-state index contributed by atoms with van der Waals surface area (Å²) < 4.78 is 5.13. The third-order valence-corrected chi connectivity index (χ3v) is 5.70. The quantitative estimate of drug-likeness (QED) is 0.572. The second kappa shape index (κ2) is 8.90. The molecule has 1 aliphatic heterocycles. The Balaban J connectivity index is 1.48. The molecule has 0 spiro atoms. The number of piperidine rings is 1. The van der Waals surface area contributed by atoms with Gasteiger partial charge in [0.1, 0.15) is 5.75 Å². The number of carbonyl (C=O) groups is 2. The Hall–Kier alpha value is -2.27. The first-order chi connectivity index (χ1) is 12.7. The van der Waals surface area contributed by atoms with E-state index in [4.69, 9.17) is 4.74 Å². The van der Waals surface area contributed by atoms with E-state index in [0.29, 0.717) is 18.8 Å². The van der Waals surface area contributed by atoms with Gasteiger partial charge < -0.3 is 9.64 Å². The topological polar surface area (TPSA) is 46.6 Å². The number of carbonyl (C=O) groups excluding carboxylic acids is 2. The first-order valence-corrected chi connectivity index (χ1v) is 9.80. The van der Waals surface area contributed by atoms with Gasteiger partial charge in [0.15, 0.2) is 5.78 Å². The smallest absolute Gasteiger partial charge is 0.232 e. The van der Waals surface area contributed by atoms with Crippen LogP contribution in [0, 0.1) is 5.92 Å². The third kappa shape index (κ3) is 4.67. The molecule has 0 bridgehead atoms. The number of hydrogen-bond donors (Lipinski definition) is 0. The Morgan fingerprint density at radius 2 is 1.69 bits per heavy atom. The van der Waals surface area contributed by atoms with Crippen LogP contribution in [0.2, 0.25) is 0 Å². The molecule has 4 nitrogen and oxygen atoms in total. The van der Waals surface area contributed by atoms with Crippen LogP contribution in [0.15, 0.2) is 59.5 Å². The zero-order chi connectivity index (χ0) is 18.4. The van der Waals surface area contributed by atoms with Gasteiger partial charge in [-0.3, -0.25) is 9.59 Å². The fourth-order valence-electron chi connectivity index (χ4n) is 3.14. The van der Waals surface area contributed by atoms with Crippen molar-refractivity contribution < 1.29 is 14.3 Å². The van der Waals surface area contributed by atoms with E-state index in [2.05, 4.69) is 0 Å². The van der Waals surface area contributed by atoms with Crippen LogP contribution >= 0.6 is 11.8 Å². The number of ketones is 1. The molecule has 3 rings (SSSR count). The number of rotatable bonds is 6. The van der Waals surface area contributed by atoms with Crippen molar-refractivity contribution in [3.63, 3.8) is 0 Å². The average Bonchev–Trinajstić information content (AvgIpc) is 2.72. The van der Waals surface area contributed by atoms with Crippen LogP contribution in [0.1, 0.15) is 23.2 Å². The lowest BCUT2D eigenvalue weighted by molar-refractivity contribution is -0.129. The monoisotopic (exact) mass is 369 g/mol. The van der Waals surface area contributed by atoms with Gasteiger partial charge >= 0.3 is 0 Å². The van der Waals surface area contributed by atoms with E-state index in [1.807, 2.05) is 59.5 Å². The molecule has 1 aliphatic rings. The molecule has 0 aromatic heterocycles. The van der Waals surface area contributed by atoms with Crippen molar-refractivity contribution in [3.05, 3.63) is 60.2 Å². The lowest BCUT2D eigenvalue weighted by atomic mass is 9.89. The molecule has 1 amide bonds. The zero-order valence-electron chi connectivity index (χ0n) is 14.9. The molecular weight excluding hydrogens is 346 g/mol. The standard InChI is InChI=1S/C21H23NO3S/c1-25-18-9-7-16(8-10-18)21(24)17-11-13-22(14-12-17)20(23)15-26-19-5-3-2-4-6-19/h2-10,17H,11-15H2,1H3. The first-order valence-electron chi connectivity index (χ1n) is 8.81. The van der Waals surface area contributed by atoms with Gasteiger partial charge in [0.2, 0.25) is 5.91 Å².